The molecule has 2 atom stereocenters. The molecule has 29 heavy (non-hydrogen) atoms. The largest absolute Gasteiger partial charge is 0.497 e. The molecule has 0 aromatic heterocycles. The molecule has 1 aromatic carbocycles. The lowest BCUT2D eigenvalue weighted by atomic mass is 10.1. The first-order valence-corrected chi connectivity index (χ1v) is 9.28. The third kappa shape index (κ3) is 4.58. The number of urea groups is 1. The average Bonchev–Trinajstić information content (AvgIpc) is 3.38. The van der Waals surface area contributed by atoms with Crippen LogP contribution < -0.4 is 20.3 Å². The van der Waals surface area contributed by atoms with Crippen molar-refractivity contribution in [3.63, 3.8) is 0 Å². The van der Waals surface area contributed by atoms with Crippen LogP contribution in [0.3, 0.4) is 0 Å². The molecule has 2 aliphatic heterocycles. The third-order valence-electron chi connectivity index (χ3n) is 5.08. The lowest BCUT2D eigenvalue weighted by Crippen LogP contribution is -2.45. The third-order valence-corrected chi connectivity index (χ3v) is 5.08. The van der Waals surface area contributed by atoms with Crippen LogP contribution in [0.2, 0.25) is 0 Å². The van der Waals surface area contributed by atoms with Crippen molar-refractivity contribution >= 4 is 29.5 Å². The summed E-state index contributed by atoms with van der Waals surface area (Å²) in [6, 6.07) is 5.99. The number of methoxy groups -OCH3 is 2. The summed E-state index contributed by atoms with van der Waals surface area (Å²) in [7, 11) is 2.79. The summed E-state index contributed by atoms with van der Waals surface area (Å²) in [5.41, 5.74) is 0.638. The molecule has 2 aliphatic rings. The Kier molecular flexibility index (Phi) is 6.20. The molecule has 4 amide bonds. The highest BCUT2D eigenvalue weighted by atomic mass is 16.5. The van der Waals surface area contributed by atoms with E-state index in [4.69, 9.17) is 4.74 Å². The number of amides is 4. The van der Waals surface area contributed by atoms with Crippen molar-refractivity contribution in [3.05, 3.63) is 24.3 Å². The Labute approximate surface area is 168 Å². The van der Waals surface area contributed by atoms with Crippen molar-refractivity contribution < 1.29 is 28.7 Å². The summed E-state index contributed by atoms with van der Waals surface area (Å²) in [5.74, 6) is -0.831. The topological polar surface area (TPSA) is 117 Å². The molecule has 0 saturated carbocycles. The van der Waals surface area contributed by atoms with Gasteiger partial charge in [-0.2, -0.15) is 0 Å². The van der Waals surface area contributed by atoms with Crippen molar-refractivity contribution in [2.24, 2.45) is 5.92 Å². The summed E-state index contributed by atoms with van der Waals surface area (Å²) >= 11 is 0. The Balaban J connectivity index is 1.56. The van der Waals surface area contributed by atoms with E-state index >= 15 is 0 Å². The van der Waals surface area contributed by atoms with E-state index in [0.717, 1.165) is 0 Å². The fourth-order valence-corrected chi connectivity index (χ4v) is 3.45. The van der Waals surface area contributed by atoms with E-state index < -0.39 is 17.9 Å². The van der Waals surface area contributed by atoms with Crippen LogP contribution in [0.15, 0.2) is 24.3 Å². The highest BCUT2D eigenvalue weighted by Gasteiger charge is 2.40. The van der Waals surface area contributed by atoms with Gasteiger partial charge in [0.05, 0.1) is 26.7 Å². The molecule has 1 aromatic rings. The predicted octanol–water partition coefficient (Wildman–Crippen LogP) is -0.269. The molecule has 2 fully saturated rings. The zero-order valence-electron chi connectivity index (χ0n) is 16.3. The van der Waals surface area contributed by atoms with Gasteiger partial charge in [0.1, 0.15) is 18.3 Å². The monoisotopic (exact) mass is 404 g/mol. The molecule has 0 bridgehead atoms. The average molecular weight is 404 g/mol. The first-order chi connectivity index (χ1) is 13.9. The predicted molar refractivity (Wildman–Crippen MR) is 102 cm³/mol. The highest BCUT2D eigenvalue weighted by Crippen LogP contribution is 2.25. The van der Waals surface area contributed by atoms with Gasteiger partial charge >= 0.3 is 12.0 Å². The molecule has 10 nitrogen and oxygen atoms in total. The number of nitrogens with one attached hydrogen (secondary N) is 2. The van der Waals surface area contributed by atoms with Crippen LogP contribution >= 0.6 is 0 Å². The van der Waals surface area contributed by atoms with Crippen LogP contribution in [-0.2, 0) is 19.1 Å². The minimum absolute atomic E-state index is 0.195. The molecule has 0 radical (unpaired) electrons. The molecule has 3 rings (SSSR count). The van der Waals surface area contributed by atoms with Gasteiger partial charge in [-0.3, -0.25) is 19.3 Å². The number of rotatable bonds is 6. The number of esters is 1. The van der Waals surface area contributed by atoms with E-state index in [0.29, 0.717) is 24.4 Å². The maximum absolute atomic E-state index is 12.8. The number of anilines is 1. The van der Waals surface area contributed by atoms with Gasteiger partial charge in [-0.05, 0) is 18.6 Å². The quantitative estimate of drug-likeness (QED) is 0.631. The Bertz CT molecular complexity index is 814. The van der Waals surface area contributed by atoms with Crippen molar-refractivity contribution in [1.82, 2.24) is 15.5 Å². The Morgan fingerprint density at radius 2 is 2.03 bits per heavy atom. The zero-order chi connectivity index (χ0) is 21.0. The van der Waals surface area contributed by atoms with E-state index in [-0.39, 0.29) is 37.5 Å². The second-order valence-corrected chi connectivity index (χ2v) is 6.88. The first-order valence-electron chi connectivity index (χ1n) is 9.28. The number of nitrogens with zero attached hydrogens (tertiary/aromatic N) is 2. The van der Waals surface area contributed by atoms with E-state index in [9.17, 15) is 19.2 Å². The summed E-state index contributed by atoms with van der Waals surface area (Å²) in [5, 5.41) is 5.21. The number of ether oxygens (including phenoxy) is 2. The van der Waals surface area contributed by atoms with Crippen molar-refractivity contribution in [2.45, 2.75) is 12.5 Å². The number of carbonyl (C=O) groups is 4. The molecule has 2 N–H and O–H groups in total. The Morgan fingerprint density at radius 1 is 1.24 bits per heavy atom. The van der Waals surface area contributed by atoms with Gasteiger partial charge in [0.2, 0.25) is 11.8 Å². The number of hydrogen-bond donors (Lipinski definition) is 2. The van der Waals surface area contributed by atoms with Gasteiger partial charge in [0.25, 0.3) is 0 Å². The van der Waals surface area contributed by atoms with Crippen LogP contribution in [0.1, 0.15) is 6.42 Å². The summed E-state index contributed by atoms with van der Waals surface area (Å²) < 4.78 is 9.67. The van der Waals surface area contributed by atoms with E-state index in [1.54, 1.807) is 36.3 Å². The first kappa shape index (κ1) is 20.4. The fraction of sp³-hybridized carbons (Fsp3) is 0.474. The van der Waals surface area contributed by atoms with Gasteiger partial charge in [-0.1, -0.05) is 6.07 Å². The molecular formula is C19H24N4O6. The van der Waals surface area contributed by atoms with Gasteiger partial charge in [-0.25, -0.2) is 4.79 Å². The highest BCUT2D eigenvalue weighted by molar-refractivity contribution is 6.00. The second kappa shape index (κ2) is 8.80. The van der Waals surface area contributed by atoms with Crippen molar-refractivity contribution in [3.8, 4) is 5.75 Å². The second-order valence-electron chi connectivity index (χ2n) is 6.88. The Hall–Kier alpha value is -3.30. The number of carbonyl (C=O) groups excluding carboxylic acids is 4. The van der Waals surface area contributed by atoms with Gasteiger partial charge in [0.15, 0.2) is 0 Å². The Morgan fingerprint density at radius 3 is 2.76 bits per heavy atom. The molecule has 0 aliphatic carbocycles. The molecular weight excluding hydrogens is 380 g/mol. The standard InChI is InChI=1S/C19H24N4O6/c1-28-14-5-3-4-13(8-14)23-11-15(21-19(23)27)18(26)22-7-6-12(10-22)17(25)20-9-16(24)29-2/h3-5,8,12,15H,6-7,9-11H2,1-2H3,(H,20,25)(H,21,27). The number of likely N-dealkylation sites (tertiary alicyclic amines) is 1. The van der Waals surface area contributed by atoms with Gasteiger partial charge < -0.3 is 25.0 Å². The van der Waals surface area contributed by atoms with Crippen LogP contribution in [0, 0.1) is 5.92 Å². The van der Waals surface area contributed by atoms with E-state index in [2.05, 4.69) is 15.4 Å². The maximum atomic E-state index is 12.8. The minimum Gasteiger partial charge on any atom is -0.497 e. The smallest absolute Gasteiger partial charge is 0.325 e. The summed E-state index contributed by atoms with van der Waals surface area (Å²) in [6.45, 7) is 0.659. The number of benzene rings is 1. The lowest BCUT2D eigenvalue weighted by Gasteiger charge is -2.20. The number of hydrogen-bond acceptors (Lipinski definition) is 6. The van der Waals surface area contributed by atoms with Gasteiger partial charge in [-0.15, -0.1) is 0 Å². The van der Waals surface area contributed by atoms with Gasteiger partial charge in [0, 0.05) is 24.8 Å². The van der Waals surface area contributed by atoms with Crippen molar-refractivity contribution in [2.75, 3.05) is 45.3 Å². The van der Waals surface area contributed by atoms with Crippen molar-refractivity contribution in [1.29, 1.82) is 0 Å². The maximum Gasteiger partial charge on any atom is 0.325 e. The zero-order valence-corrected chi connectivity index (χ0v) is 16.3. The molecule has 2 unspecified atom stereocenters. The van der Waals surface area contributed by atoms with E-state index in [1.807, 2.05) is 0 Å². The summed E-state index contributed by atoms with van der Waals surface area (Å²) in [6.07, 6.45) is 0.499. The minimum atomic E-state index is -0.689. The SMILES string of the molecule is COC(=O)CNC(=O)C1CCN(C(=O)C2CN(c3cccc(OC)c3)C(=O)N2)C1. The van der Waals surface area contributed by atoms with Crippen LogP contribution in [0.25, 0.3) is 0 Å². The molecule has 0 spiro atoms. The molecule has 2 heterocycles. The fourth-order valence-electron chi connectivity index (χ4n) is 3.45. The summed E-state index contributed by atoms with van der Waals surface area (Å²) in [4.78, 5) is 51.5. The molecule has 156 valence electrons. The van der Waals surface area contributed by atoms with Crippen LogP contribution in [-0.4, -0.2) is 75.2 Å². The van der Waals surface area contributed by atoms with E-state index in [1.165, 1.54) is 12.0 Å². The molecule has 10 heteroatoms. The van der Waals surface area contributed by atoms with Crippen LogP contribution in [0.5, 0.6) is 5.75 Å². The lowest BCUT2D eigenvalue weighted by molar-refractivity contribution is -0.141. The van der Waals surface area contributed by atoms with Crippen LogP contribution in [0.4, 0.5) is 10.5 Å². The molecule has 2 saturated heterocycles. The normalized spacial score (nSPS) is 21.0.